The number of hydrogen-bond donors (Lipinski definition) is 3. The SMILES string of the molecule is CCCC/C=C\CCCCCCCC(=O)NC(COP(=O)(O)OCC[N+](C)(C)C)C(O)/C=C/CCCCCCCC. The van der Waals surface area contributed by atoms with Gasteiger partial charge >= 0.3 is 7.82 Å². The molecule has 0 bridgehead atoms. The third-order valence-electron chi connectivity index (χ3n) is 6.92. The van der Waals surface area contributed by atoms with Crippen molar-refractivity contribution in [3.05, 3.63) is 24.3 Å². The van der Waals surface area contributed by atoms with Gasteiger partial charge in [-0.2, -0.15) is 0 Å². The van der Waals surface area contributed by atoms with E-state index < -0.39 is 20.0 Å². The number of carbonyl (C=O) groups excluding carboxylic acids is 1. The largest absolute Gasteiger partial charge is 0.472 e. The fraction of sp³-hybridized carbons (Fsp3) is 0.844. The van der Waals surface area contributed by atoms with Crippen LogP contribution in [0.4, 0.5) is 0 Å². The summed E-state index contributed by atoms with van der Waals surface area (Å²) in [6.45, 7) is 4.68. The maximum absolute atomic E-state index is 12.7. The number of phosphoric acid groups is 1. The molecule has 0 rings (SSSR count). The molecule has 0 aromatic carbocycles. The van der Waals surface area contributed by atoms with Crippen LogP contribution in [0.1, 0.15) is 123 Å². The average Bonchev–Trinajstić information content (AvgIpc) is 2.90. The second kappa shape index (κ2) is 25.5. The predicted molar refractivity (Wildman–Crippen MR) is 171 cm³/mol. The molecule has 9 heteroatoms. The normalized spacial score (nSPS) is 15.4. The number of nitrogens with zero attached hydrogens (tertiary/aromatic N) is 1. The zero-order valence-electron chi connectivity index (χ0n) is 27.0. The number of quaternary nitrogens is 1. The molecular formula is C32H64N2O6P+. The molecule has 0 aliphatic heterocycles. The van der Waals surface area contributed by atoms with Gasteiger partial charge in [-0.25, -0.2) is 4.57 Å². The van der Waals surface area contributed by atoms with E-state index in [2.05, 4.69) is 31.3 Å². The van der Waals surface area contributed by atoms with Crippen molar-refractivity contribution in [2.75, 3.05) is 40.9 Å². The zero-order chi connectivity index (χ0) is 30.8. The van der Waals surface area contributed by atoms with Crippen molar-refractivity contribution in [2.45, 2.75) is 135 Å². The number of rotatable bonds is 28. The van der Waals surface area contributed by atoms with E-state index in [-0.39, 0.29) is 19.1 Å². The van der Waals surface area contributed by atoms with Crippen LogP contribution in [-0.4, -0.2) is 73.4 Å². The number of aliphatic hydroxyl groups excluding tert-OH is 1. The number of aliphatic hydroxyl groups is 1. The van der Waals surface area contributed by atoms with Gasteiger partial charge in [0.1, 0.15) is 13.2 Å². The van der Waals surface area contributed by atoms with Gasteiger partial charge in [0.15, 0.2) is 0 Å². The van der Waals surface area contributed by atoms with Crippen LogP contribution in [0.25, 0.3) is 0 Å². The van der Waals surface area contributed by atoms with Crippen molar-refractivity contribution in [1.29, 1.82) is 0 Å². The molecule has 0 aliphatic rings. The summed E-state index contributed by atoms with van der Waals surface area (Å²) in [4.78, 5) is 22.8. The molecule has 8 nitrogen and oxygen atoms in total. The van der Waals surface area contributed by atoms with Crippen LogP contribution in [0, 0.1) is 0 Å². The second-order valence-corrected chi connectivity index (χ2v) is 13.6. The standard InChI is InChI=1S/C32H63N2O6P/c1-6-8-10-12-14-16-17-18-20-22-24-26-32(36)33-30(29-40-41(37,38)39-28-27-34(3,4)5)31(35)25-23-21-19-15-13-11-9-7-2/h12,14,23,25,30-31,35H,6-11,13,15-22,24,26-29H2,1-5H3,(H-,33,36,37,38)/p+1/b14-12-,25-23+. The predicted octanol–water partition coefficient (Wildman–Crippen LogP) is 7.46. The quantitative estimate of drug-likeness (QED) is 0.0371. The maximum Gasteiger partial charge on any atom is 0.472 e. The van der Waals surface area contributed by atoms with Crippen molar-refractivity contribution in [1.82, 2.24) is 5.32 Å². The Labute approximate surface area is 252 Å². The van der Waals surface area contributed by atoms with Gasteiger partial charge in [-0.15, -0.1) is 0 Å². The Morgan fingerprint density at radius 2 is 1.34 bits per heavy atom. The van der Waals surface area contributed by atoms with Crippen molar-refractivity contribution in [2.24, 2.45) is 0 Å². The molecular weight excluding hydrogens is 539 g/mol. The smallest absolute Gasteiger partial charge is 0.387 e. The number of allylic oxidation sites excluding steroid dienone is 3. The van der Waals surface area contributed by atoms with Crippen molar-refractivity contribution in [3.8, 4) is 0 Å². The molecule has 0 spiro atoms. The molecule has 0 radical (unpaired) electrons. The summed E-state index contributed by atoms with van der Waals surface area (Å²) in [5.74, 6) is -0.195. The van der Waals surface area contributed by atoms with E-state index in [1.807, 2.05) is 27.2 Å². The summed E-state index contributed by atoms with van der Waals surface area (Å²) in [5, 5.41) is 13.6. The van der Waals surface area contributed by atoms with Gasteiger partial charge in [-0.1, -0.05) is 102 Å². The van der Waals surface area contributed by atoms with E-state index in [1.165, 1.54) is 51.4 Å². The highest BCUT2D eigenvalue weighted by Gasteiger charge is 2.27. The number of carbonyl (C=O) groups is 1. The maximum atomic E-state index is 12.7. The molecule has 3 atom stereocenters. The highest BCUT2D eigenvalue weighted by molar-refractivity contribution is 7.47. The minimum absolute atomic E-state index is 0.0597. The summed E-state index contributed by atoms with van der Waals surface area (Å²) in [6.07, 6.45) is 25.3. The van der Waals surface area contributed by atoms with E-state index in [1.54, 1.807) is 6.08 Å². The summed E-state index contributed by atoms with van der Waals surface area (Å²) in [7, 11) is 1.56. The second-order valence-electron chi connectivity index (χ2n) is 12.2. The van der Waals surface area contributed by atoms with Gasteiger partial charge in [0.25, 0.3) is 0 Å². The zero-order valence-corrected chi connectivity index (χ0v) is 27.9. The molecule has 0 heterocycles. The monoisotopic (exact) mass is 603 g/mol. The lowest BCUT2D eigenvalue weighted by Gasteiger charge is -2.25. The van der Waals surface area contributed by atoms with E-state index in [0.717, 1.165) is 51.4 Å². The fourth-order valence-electron chi connectivity index (χ4n) is 4.19. The Bertz CT molecular complexity index is 738. The lowest BCUT2D eigenvalue weighted by Crippen LogP contribution is -2.45. The van der Waals surface area contributed by atoms with Gasteiger partial charge in [0.05, 0.1) is 39.9 Å². The summed E-state index contributed by atoms with van der Waals surface area (Å²) in [5.41, 5.74) is 0. The number of hydrogen-bond acceptors (Lipinski definition) is 5. The van der Waals surface area contributed by atoms with Crippen molar-refractivity contribution < 1.29 is 32.9 Å². The topological polar surface area (TPSA) is 105 Å². The minimum Gasteiger partial charge on any atom is -0.387 e. The van der Waals surface area contributed by atoms with E-state index >= 15 is 0 Å². The Hall–Kier alpha value is -1.02. The molecule has 3 unspecified atom stereocenters. The third kappa shape index (κ3) is 27.6. The van der Waals surface area contributed by atoms with Crippen LogP contribution in [-0.2, 0) is 18.4 Å². The lowest BCUT2D eigenvalue weighted by molar-refractivity contribution is -0.870. The first kappa shape index (κ1) is 40.0. The highest BCUT2D eigenvalue weighted by atomic mass is 31.2. The van der Waals surface area contributed by atoms with Crippen LogP contribution in [0.15, 0.2) is 24.3 Å². The van der Waals surface area contributed by atoms with E-state index in [4.69, 9.17) is 9.05 Å². The van der Waals surface area contributed by atoms with Crippen LogP contribution in [0.5, 0.6) is 0 Å². The van der Waals surface area contributed by atoms with Gasteiger partial charge in [0, 0.05) is 6.42 Å². The molecule has 0 fully saturated rings. The summed E-state index contributed by atoms with van der Waals surface area (Å²) < 4.78 is 23.3. The van der Waals surface area contributed by atoms with E-state index in [9.17, 15) is 19.4 Å². The molecule has 41 heavy (non-hydrogen) atoms. The third-order valence-corrected chi connectivity index (χ3v) is 7.90. The Morgan fingerprint density at radius 1 is 0.805 bits per heavy atom. The molecule has 0 saturated heterocycles. The fourth-order valence-corrected chi connectivity index (χ4v) is 4.93. The number of likely N-dealkylation sites (N-methyl/N-ethyl adjacent to an activating group) is 1. The molecule has 0 aromatic rings. The number of nitrogens with one attached hydrogen (secondary N) is 1. The van der Waals surface area contributed by atoms with Gasteiger partial charge in [-0.05, 0) is 38.5 Å². The average molecular weight is 604 g/mol. The molecule has 3 N–H and O–H groups in total. The summed E-state index contributed by atoms with van der Waals surface area (Å²) >= 11 is 0. The first-order chi connectivity index (χ1) is 19.5. The molecule has 0 aliphatic carbocycles. The number of unbranched alkanes of at least 4 members (excludes halogenated alkanes) is 13. The van der Waals surface area contributed by atoms with Crippen molar-refractivity contribution >= 4 is 13.7 Å². The first-order valence-corrected chi connectivity index (χ1v) is 17.7. The van der Waals surface area contributed by atoms with Crippen LogP contribution < -0.4 is 5.32 Å². The highest BCUT2D eigenvalue weighted by Crippen LogP contribution is 2.43. The van der Waals surface area contributed by atoms with Crippen LogP contribution >= 0.6 is 7.82 Å². The van der Waals surface area contributed by atoms with Crippen LogP contribution in [0.2, 0.25) is 0 Å². The Balaban J connectivity index is 4.64. The molecule has 242 valence electrons. The molecule has 0 saturated carbocycles. The van der Waals surface area contributed by atoms with Gasteiger partial charge < -0.3 is 19.8 Å². The van der Waals surface area contributed by atoms with Gasteiger partial charge in [-0.3, -0.25) is 13.8 Å². The Morgan fingerprint density at radius 3 is 1.95 bits per heavy atom. The molecule has 1 amide bonds. The first-order valence-electron chi connectivity index (χ1n) is 16.2. The van der Waals surface area contributed by atoms with Crippen LogP contribution in [0.3, 0.4) is 0 Å². The molecule has 0 aromatic heterocycles. The summed E-state index contributed by atoms with van der Waals surface area (Å²) in [6, 6.07) is -0.842. The van der Waals surface area contributed by atoms with Gasteiger partial charge in [0.2, 0.25) is 5.91 Å². The number of amides is 1. The lowest BCUT2D eigenvalue weighted by atomic mass is 10.1. The van der Waals surface area contributed by atoms with Crippen molar-refractivity contribution in [3.63, 3.8) is 0 Å². The van der Waals surface area contributed by atoms with E-state index in [0.29, 0.717) is 17.4 Å². The minimum atomic E-state index is -4.32. The number of phosphoric ester groups is 1. The Kier molecular flexibility index (Phi) is 24.8.